The number of carbonyl (C=O) groups excluding carboxylic acids is 1. The summed E-state index contributed by atoms with van der Waals surface area (Å²) in [6.45, 7) is 2.13. The van der Waals surface area contributed by atoms with Gasteiger partial charge in [0.25, 0.3) is 0 Å². The van der Waals surface area contributed by atoms with Gasteiger partial charge in [-0.25, -0.2) is 0 Å². The molecule has 3 rings (SSSR count). The number of hydrogen-bond acceptors (Lipinski definition) is 8. The second-order valence-electron chi connectivity index (χ2n) is 10.2. The summed E-state index contributed by atoms with van der Waals surface area (Å²) in [5.41, 5.74) is 0.636. The summed E-state index contributed by atoms with van der Waals surface area (Å²) in [6.07, 6.45) is 20.5. The van der Waals surface area contributed by atoms with E-state index in [0.717, 1.165) is 51.4 Å². The number of benzene rings is 2. The molecule has 8 nitrogen and oxygen atoms in total. The molecule has 0 fully saturated rings. The van der Waals surface area contributed by atoms with Gasteiger partial charge in [0, 0.05) is 36.1 Å². The number of phenols is 5. The van der Waals surface area contributed by atoms with E-state index in [4.69, 9.17) is 9.47 Å². The SMILES string of the molecule is CC/C=C\C/C=C\C/C=C\CCCCCCCC(=O)O[C@@H]1Cc2c(O)cc(O)cc2O[C@@H]1c1cc(O)c(O)c(O)c1. The van der Waals surface area contributed by atoms with E-state index in [9.17, 15) is 30.3 Å². The number of allylic oxidation sites excluding steroid dienone is 6. The fourth-order valence-electron chi connectivity index (χ4n) is 4.74. The van der Waals surface area contributed by atoms with E-state index in [1.54, 1.807) is 0 Å². The van der Waals surface area contributed by atoms with Crippen LogP contribution in [0.5, 0.6) is 34.5 Å². The topological polar surface area (TPSA) is 137 Å². The Hall–Kier alpha value is -4.07. The highest BCUT2D eigenvalue weighted by Gasteiger charge is 2.37. The molecule has 1 heterocycles. The number of hydrogen-bond donors (Lipinski definition) is 5. The van der Waals surface area contributed by atoms with Crippen molar-refractivity contribution in [2.45, 2.75) is 89.8 Å². The van der Waals surface area contributed by atoms with E-state index < -0.39 is 35.4 Å². The summed E-state index contributed by atoms with van der Waals surface area (Å²) in [6, 6.07) is 4.94. The van der Waals surface area contributed by atoms with Crippen LogP contribution in [0.4, 0.5) is 0 Å². The first-order chi connectivity index (χ1) is 19.8. The predicted molar refractivity (Wildman–Crippen MR) is 157 cm³/mol. The maximum absolute atomic E-state index is 12.7. The minimum Gasteiger partial charge on any atom is -0.508 e. The van der Waals surface area contributed by atoms with Crippen LogP contribution in [0.15, 0.2) is 60.7 Å². The Morgan fingerprint density at radius 2 is 1.46 bits per heavy atom. The van der Waals surface area contributed by atoms with E-state index in [-0.39, 0.29) is 35.7 Å². The average molecular weight is 567 g/mol. The van der Waals surface area contributed by atoms with Crippen LogP contribution >= 0.6 is 0 Å². The lowest BCUT2D eigenvalue weighted by atomic mass is 9.93. The molecule has 5 N–H and O–H groups in total. The molecule has 8 heteroatoms. The highest BCUT2D eigenvalue weighted by Crippen LogP contribution is 2.45. The molecule has 0 aromatic heterocycles. The lowest BCUT2D eigenvalue weighted by Crippen LogP contribution is -2.34. The molecular weight excluding hydrogens is 524 g/mol. The zero-order valence-corrected chi connectivity index (χ0v) is 23.7. The Morgan fingerprint density at radius 1 is 0.829 bits per heavy atom. The number of rotatable bonds is 15. The molecule has 1 aliphatic heterocycles. The van der Waals surface area contributed by atoms with Gasteiger partial charge in [0.05, 0.1) is 0 Å². The number of aromatic hydroxyl groups is 5. The molecule has 0 saturated carbocycles. The quantitative estimate of drug-likeness (QED) is 0.0651. The van der Waals surface area contributed by atoms with Crippen LogP contribution in [0.3, 0.4) is 0 Å². The highest BCUT2D eigenvalue weighted by molar-refractivity contribution is 5.70. The molecule has 2 atom stereocenters. The Bertz CT molecular complexity index is 1210. The first-order valence-electron chi connectivity index (χ1n) is 14.4. The summed E-state index contributed by atoms with van der Waals surface area (Å²) in [5, 5.41) is 49.9. The van der Waals surface area contributed by atoms with Gasteiger partial charge in [-0.1, -0.05) is 62.6 Å². The van der Waals surface area contributed by atoms with Gasteiger partial charge in [0.1, 0.15) is 23.4 Å². The van der Waals surface area contributed by atoms with Crippen LogP contribution in [0.2, 0.25) is 0 Å². The second-order valence-corrected chi connectivity index (χ2v) is 10.2. The Labute approximate surface area is 241 Å². The fourth-order valence-corrected chi connectivity index (χ4v) is 4.74. The van der Waals surface area contributed by atoms with E-state index >= 15 is 0 Å². The number of fused-ring (bicyclic) bond motifs is 1. The molecule has 41 heavy (non-hydrogen) atoms. The summed E-state index contributed by atoms with van der Waals surface area (Å²) in [5.74, 6) is -2.40. The smallest absolute Gasteiger partial charge is 0.306 e. The molecule has 2 aromatic carbocycles. The van der Waals surface area contributed by atoms with E-state index in [1.165, 1.54) is 24.3 Å². The molecule has 0 radical (unpaired) electrons. The molecular formula is C33H42O8. The molecule has 0 unspecified atom stereocenters. The molecule has 0 spiro atoms. The first kappa shape index (κ1) is 31.5. The van der Waals surface area contributed by atoms with Crippen molar-refractivity contribution in [3.8, 4) is 34.5 Å². The van der Waals surface area contributed by atoms with Gasteiger partial charge in [0.2, 0.25) is 0 Å². The summed E-state index contributed by atoms with van der Waals surface area (Å²) in [7, 11) is 0. The summed E-state index contributed by atoms with van der Waals surface area (Å²) < 4.78 is 11.7. The number of carbonyl (C=O) groups is 1. The Kier molecular flexibility index (Phi) is 12.5. The van der Waals surface area contributed by atoms with Gasteiger partial charge in [0.15, 0.2) is 23.4 Å². The zero-order chi connectivity index (χ0) is 29.6. The van der Waals surface area contributed by atoms with E-state index in [2.05, 4.69) is 43.4 Å². The molecule has 0 bridgehead atoms. The third-order valence-corrected chi connectivity index (χ3v) is 6.90. The van der Waals surface area contributed by atoms with Crippen molar-refractivity contribution in [3.05, 3.63) is 71.8 Å². The number of phenolic OH excluding ortho intramolecular Hbond substituents is 5. The van der Waals surface area contributed by atoms with Gasteiger partial charge >= 0.3 is 5.97 Å². The van der Waals surface area contributed by atoms with Gasteiger partial charge in [-0.3, -0.25) is 4.79 Å². The standard InChI is InChI=1S/C33H42O8/c1-2-3-4-5-6-7-8-9-10-11-12-13-14-15-16-17-31(38)40-30-22-25-26(35)20-24(34)21-29(25)41-33(30)23-18-27(36)32(39)28(37)19-23/h3-4,6-7,9-10,18-21,30,33-37,39H,2,5,8,11-17,22H2,1H3/b4-3-,7-6-,10-9-/t30-,33-/m1/s1. The monoisotopic (exact) mass is 566 g/mol. The zero-order valence-electron chi connectivity index (χ0n) is 23.7. The minimum atomic E-state index is -0.952. The van der Waals surface area contributed by atoms with Crippen LogP contribution < -0.4 is 4.74 Å². The van der Waals surface area contributed by atoms with Crippen molar-refractivity contribution in [3.63, 3.8) is 0 Å². The molecule has 1 aliphatic rings. The maximum Gasteiger partial charge on any atom is 0.306 e. The van der Waals surface area contributed by atoms with Crippen LogP contribution in [-0.2, 0) is 16.0 Å². The van der Waals surface area contributed by atoms with Crippen molar-refractivity contribution in [1.82, 2.24) is 0 Å². The fraction of sp³-hybridized carbons (Fsp3) is 0.424. The van der Waals surface area contributed by atoms with Crippen LogP contribution in [-0.4, -0.2) is 37.6 Å². The lowest BCUT2D eigenvalue weighted by molar-refractivity contribution is -0.155. The summed E-state index contributed by atoms with van der Waals surface area (Å²) in [4.78, 5) is 12.7. The second kappa shape index (κ2) is 16.3. The van der Waals surface area contributed by atoms with Crippen molar-refractivity contribution < 1.29 is 39.8 Å². The third kappa shape index (κ3) is 9.81. The van der Waals surface area contributed by atoms with Crippen molar-refractivity contribution >= 4 is 5.97 Å². The molecule has 222 valence electrons. The molecule has 0 amide bonds. The Balaban J connectivity index is 1.45. The normalized spacial score (nSPS) is 16.8. The van der Waals surface area contributed by atoms with Crippen LogP contribution in [0.1, 0.15) is 88.4 Å². The van der Waals surface area contributed by atoms with Gasteiger partial charge in [-0.2, -0.15) is 0 Å². The van der Waals surface area contributed by atoms with Crippen LogP contribution in [0.25, 0.3) is 0 Å². The van der Waals surface area contributed by atoms with Gasteiger partial charge < -0.3 is 35.0 Å². The van der Waals surface area contributed by atoms with Crippen molar-refractivity contribution in [2.24, 2.45) is 0 Å². The van der Waals surface area contributed by atoms with Gasteiger partial charge in [-0.15, -0.1) is 0 Å². The number of esters is 1. The van der Waals surface area contributed by atoms with Crippen molar-refractivity contribution in [2.75, 3.05) is 0 Å². The maximum atomic E-state index is 12.7. The highest BCUT2D eigenvalue weighted by atomic mass is 16.6. The number of unbranched alkanes of at least 4 members (excludes halogenated alkanes) is 5. The first-order valence-corrected chi connectivity index (χ1v) is 14.4. The molecule has 0 aliphatic carbocycles. The van der Waals surface area contributed by atoms with E-state index in [1.807, 2.05) is 0 Å². The average Bonchev–Trinajstić information content (AvgIpc) is 2.93. The van der Waals surface area contributed by atoms with Crippen LogP contribution in [0, 0.1) is 0 Å². The number of ether oxygens (including phenoxy) is 2. The largest absolute Gasteiger partial charge is 0.508 e. The van der Waals surface area contributed by atoms with Gasteiger partial charge in [-0.05, 0) is 50.7 Å². The molecule has 2 aromatic rings. The third-order valence-electron chi connectivity index (χ3n) is 6.90. The minimum absolute atomic E-state index is 0.0967. The van der Waals surface area contributed by atoms with E-state index in [0.29, 0.717) is 12.0 Å². The summed E-state index contributed by atoms with van der Waals surface area (Å²) >= 11 is 0. The lowest BCUT2D eigenvalue weighted by Gasteiger charge is -2.34. The predicted octanol–water partition coefficient (Wildman–Crippen LogP) is 7.39. The van der Waals surface area contributed by atoms with Crippen molar-refractivity contribution in [1.29, 1.82) is 0 Å². The Morgan fingerprint density at radius 3 is 2.17 bits per heavy atom. The molecule has 0 saturated heterocycles.